The number of carbonyl (C=O) groups is 6. The van der Waals surface area contributed by atoms with E-state index in [2.05, 4.69) is 36.9 Å². The van der Waals surface area contributed by atoms with Crippen LogP contribution in [-0.4, -0.2) is 218 Å². The lowest BCUT2D eigenvalue weighted by Crippen LogP contribution is -2.66. The van der Waals surface area contributed by atoms with E-state index in [0.717, 1.165) is 36.1 Å². The molecule has 1 aromatic heterocycles. The van der Waals surface area contributed by atoms with E-state index in [-0.39, 0.29) is 57.9 Å². The fourth-order valence-corrected chi connectivity index (χ4v) is 9.35. The first kappa shape index (κ1) is 66.9. The zero-order chi connectivity index (χ0) is 60.2. The number of unbranched alkanes of at least 4 members (excludes halogenated alkanes) is 5. The number of carbonyl (C=O) groups excluding carboxylic acids is 4. The molecule has 0 aliphatic carbocycles. The second kappa shape index (κ2) is 32.2. The van der Waals surface area contributed by atoms with Gasteiger partial charge in [0.05, 0.1) is 6.04 Å². The summed E-state index contributed by atoms with van der Waals surface area (Å²) in [6.45, 7) is 5.99. The van der Waals surface area contributed by atoms with E-state index in [0.29, 0.717) is 24.3 Å². The number of aliphatic imine (C=N–C) groups is 1. The highest BCUT2D eigenvalue weighted by Gasteiger charge is 2.54. The highest BCUT2D eigenvalue weighted by Crippen LogP contribution is 2.35. The molecule has 15 atom stereocenters. The number of aromatic amines is 1. The van der Waals surface area contributed by atoms with E-state index in [1.807, 2.05) is 4.98 Å². The van der Waals surface area contributed by atoms with E-state index in [1.54, 1.807) is 27.7 Å². The van der Waals surface area contributed by atoms with Gasteiger partial charge >= 0.3 is 29.6 Å². The molecule has 1 aromatic rings. The smallest absolute Gasteiger partial charge is 0.330 e. The molecule has 0 saturated carbocycles. The van der Waals surface area contributed by atoms with Crippen molar-refractivity contribution in [3.8, 4) is 0 Å². The number of nitrogens with one attached hydrogen (secondary N) is 8. The van der Waals surface area contributed by atoms with Crippen molar-refractivity contribution in [2.45, 2.75) is 177 Å². The van der Waals surface area contributed by atoms with Crippen LogP contribution in [0.5, 0.6) is 0 Å². The summed E-state index contributed by atoms with van der Waals surface area (Å²) in [5.74, 6) is -7.24. The molecule has 20 N–H and O–H groups in total. The van der Waals surface area contributed by atoms with Gasteiger partial charge in [0.25, 0.3) is 5.56 Å². The third-order valence-corrected chi connectivity index (χ3v) is 13.8. The molecule has 3 aliphatic rings. The number of methoxy groups -OCH3 is 1. The molecule has 3 aliphatic heterocycles. The predicted molar refractivity (Wildman–Crippen MR) is 283 cm³/mol. The Hall–Kier alpha value is -6.56. The van der Waals surface area contributed by atoms with Crippen LogP contribution in [0.25, 0.3) is 0 Å². The van der Waals surface area contributed by atoms with Crippen LogP contribution in [0.1, 0.15) is 91.7 Å². The summed E-state index contributed by atoms with van der Waals surface area (Å²) in [5, 5.41) is 87.0. The molecule has 15 unspecified atom stereocenters. The summed E-state index contributed by atoms with van der Waals surface area (Å²) in [5.41, 5.74) is 15.2. The monoisotopic (exact) mass is 1160 g/mol. The molecule has 33 heteroatoms. The summed E-state index contributed by atoms with van der Waals surface area (Å²) < 4.78 is 29.9. The standard InChI is InChI=1S/C48H82N14O19/c1-22(2)28(42(70)71)59-47(74)60-29(24-14-18-55-46(52)56-24)40(69)58-30(35(23(3)4)79-27(64)13-10-8-6-7-9-11-19-62(76)45(50)51)39(68)54-17-12-16-53-31(43(72)73)36(81-44-38(77-5)32(65)25(21-49)78-44)37-33(66)34(67)41(80-37)61-20-15-26(63)57-48(61)75/h15,20,22-25,28-38,41,44,53,65-67,76H,6-14,16-19,21,49H2,1-5H3,(H3,50,51)(H,54,68)(H,58,69)(H,70,71)(H,72,73)(H3,52,55,56)(H,57,63,75)(H2,59,60,74). The van der Waals surface area contributed by atoms with Gasteiger partial charge in [0, 0.05) is 52.0 Å². The summed E-state index contributed by atoms with van der Waals surface area (Å²) >= 11 is 0. The van der Waals surface area contributed by atoms with Crippen LogP contribution < -0.4 is 60.4 Å². The van der Waals surface area contributed by atoms with Crippen molar-refractivity contribution in [2.24, 2.45) is 34.0 Å². The number of hydrogen-bond acceptors (Lipinski definition) is 23. The minimum atomic E-state index is -1.95. The van der Waals surface area contributed by atoms with Crippen molar-refractivity contribution in [1.29, 1.82) is 5.41 Å². The Morgan fingerprint density at radius 1 is 0.877 bits per heavy atom. The summed E-state index contributed by atoms with van der Waals surface area (Å²) in [7, 11) is 1.22. The maximum absolute atomic E-state index is 14.5. The lowest BCUT2D eigenvalue weighted by molar-refractivity contribution is -0.231. The summed E-state index contributed by atoms with van der Waals surface area (Å²) in [4.78, 5) is 112. The molecule has 2 saturated heterocycles. The number of aliphatic hydroxyl groups is 3. The third-order valence-electron chi connectivity index (χ3n) is 13.8. The van der Waals surface area contributed by atoms with Crippen LogP contribution in [0.2, 0.25) is 0 Å². The highest BCUT2D eigenvalue weighted by molar-refractivity contribution is 5.94. The van der Waals surface area contributed by atoms with Crippen molar-refractivity contribution in [3.63, 3.8) is 0 Å². The Labute approximate surface area is 465 Å². The van der Waals surface area contributed by atoms with Gasteiger partial charge in [-0.3, -0.25) is 49.1 Å². The van der Waals surface area contributed by atoms with E-state index in [1.165, 1.54) is 7.11 Å². The van der Waals surface area contributed by atoms with Gasteiger partial charge in [-0.1, -0.05) is 53.4 Å². The minimum absolute atomic E-state index is 0.0667. The number of rotatable bonds is 33. The number of ether oxygens (including phenoxy) is 5. The number of hydroxylamine groups is 2. The van der Waals surface area contributed by atoms with E-state index < -0.39 is 156 Å². The van der Waals surface area contributed by atoms with E-state index >= 15 is 0 Å². The number of aromatic nitrogens is 2. The fraction of sp³-hybridized carbons (Fsp3) is 0.750. The number of aliphatic hydroxyl groups excluding tert-OH is 3. The lowest BCUT2D eigenvalue weighted by atomic mass is 9.96. The first-order valence-corrected chi connectivity index (χ1v) is 26.8. The van der Waals surface area contributed by atoms with Crippen molar-refractivity contribution in [1.82, 2.24) is 46.5 Å². The van der Waals surface area contributed by atoms with Crippen LogP contribution in [0, 0.1) is 17.2 Å². The average molecular weight is 1160 g/mol. The Bertz CT molecular complexity index is 2410. The largest absolute Gasteiger partial charge is 0.480 e. The van der Waals surface area contributed by atoms with Crippen molar-refractivity contribution < 1.29 is 83.2 Å². The zero-order valence-electron chi connectivity index (χ0n) is 45.9. The minimum Gasteiger partial charge on any atom is -0.480 e. The van der Waals surface area contributed by atoms with Crippen LogP contribution >= 0.6 is 0 Å². The fourth-order valence-electron chi connectivity index (χ4n) is 9.35. The number of carboxylic acids is 2. The number of nitrogens with zero attached hydrogens (tertiary/aromatic N) is 3. The number of aliphatic carboxylic acids is 2. The lowest BCUT2D eigenvalue weighted by Gasteiger charge is -2.34. The Morgan fingerprint density at radius 2 is 1.54 bits per heavy atom. The molecule has 4 amide bonds. The molecule has 4 heterocycles. The molecule has 0 radical (unpaired) electrons. The first-order valence-electron chi connectivity index (χ1n) is 26.8. The molecule has 81 heavy (non-hydrogen) atoms. The molecule has 33 nitrogen and oxygen atoms in total. The number of esters is 1. The molecule has 0 bridgehead atoms. The molecular weight excluding hydrogens is 1080 g/mol. The summed E-state index contributed by atoms with van der Waals surface area (Å²) in [6.07, 6.45) is -10.9. The number of guanidine groups is 2. The van der Waals surface area contributed by atoms with Gasteiger partial charge in [-0.05, 0) is 44.1 Å². The van der Waals surface area contributed by atoms with E-state index in [9.17, 15) is 69.1 Å². The van der Waals surface area contributed by atoms with Gasteiger partial charge in [-0.2, -0.15) is 0 Å². The number of nitrogens with two attached hydrogens (primary N) is 3. The van der Waals surface area contributed by atoms with Gasteiger partial charge in [-0.25, -0.2) is 19.4 Å². The maximum atomic E-state index is 14.5. The normalized spacial score (nSPS) is 24.8. The number of hydrogen-bond donors (Lipinski definition) is 17. The SMILES string of the molecule is COC1C(OC(C(NCCCNC(=O)C(NC(=O)C(NC(=O)NC(C(=O)O)C(C)C)C2CCN=C(N)N2)C(OC(=O)CCCCCCCCN(O)C(=N)N)C(C)C)C(=O)O)C2OC(n3ccc(=O)[nH]c3=O)C(O)C2O)OC(CN)C1O. The van der Waals surface area contributed by atoms with Crippen molar-refractivity contribution >= 4 is 47.7 Å². The molecular formula is C48H82N14O19. The van der Waals surface area contributed by atoms with Crippen molar-refractivity contribution in [2.75, 3.05) is 39.8 Å². The number of urea groups is 1. The number of carboxylic acid groups (broad SMARTS) is 2. The third kappa shape index (κ3) is 19.3. The van der Waals surface area contributed by atoms with Crippen LogP contribution in [0.4, 0.5) is 4.79 Å². The first-order chi connectivity index (χ1) is 38.3. The number of amides is 4. The predicted octanol–water partition coefficient (Wildman–Crippen LogP) is -5.03. The highest BCUT2D eigenvalue weighted by atomic mass is 16.7. The molecule has 4 rings (SSSR count). The zero-order valence-corrected chi connectivity index (χ0v) is 45.9. The Kier molecular flexibility index (Phi) is 26.6. The van der Waals surface area contributed by atoms with Gasteiger partial charge in [-0.15, -0.1) is 0 Å². The molecule has 0 aromatic carbocycles. The van der Waals surface area contributed by atoms with Gasteiger partial charge in [0.15, 0.2) is 18.5 Å². The van der Waals surface area contributed by atoms with Gasteiger partial charge in [0.2, 0.25) is 17.8 Å². The second-order valence-electron chi connectivity index (χ2n) is 20.5. The molecule has 458 valence electrons. The van der Waals surface area contributed by atoms with Gasteiger partial charge in [0.1, 0.15) is 73.0 Å². The second-order valence-corrected chi connectivity index (χ2v) is 20.5. The average Bonchev–Trinajstić information content (AvgIpc) is 4.10. The quantitative estimate of drug-likeness (QED) is 0.0103. The topological polar surface area (TPSA) is 514 Å². The Balaban J connectivity index is 1.57. The number of H-pyrrole nitrogens is 1. The van der Waals surface area contributed by atoms with Gasteiger partial charge < -0.3 is 98.3 Å². The van der Waals surface area contributed by atoms with Crippen LogP contribution in [0.15, 0.2) is 26.8 Å². The maximum Gasteiger partial charge on any atom is 0.330 e. The van der Waals surface area contributed by atoms with Crippen LogP contribution in [0.3, 0.4) is 0 Å². The van der Waals surface area contributed by atoms with Crippen LogP contribution in [-0.2, 0) is 47.7 Å². The summed E-state index contributed by atoms with van der Waals surface area (Å²) in [6, 6.07) is -7.45. The Morgan fingerprint density at radius 3 is 2.14 bits per heavy atom. The molecule has 2 fully saturated rings. The molecule has 0 spiro atoms. The van der Waals surface area contributed by atoms with Crippen molar-refractivity contribution in [3.05, 3.63) is 33.1 Å². The van der Waals surface area contributed by atoms with E-state index in [4.69, 9.17) is 46.3 Å².